The van der Waals surface area contributed by atoms with Crippen molar-refractivity contribution in [1.29, 1.82) is 0 Å². The Morgan fingerprint density at radius 3 is 1.36 bits per heavy atom. The van der Waals surface area contributed by atoms with Gasteiger partial charge >= 0.3 is 0 Å². The van der Waals surface area contributed by atoms with Gasteiger partial charge in [0.1, 0.15) is 0 Å². The zero-order valence-corrected chi connectivity index (χ0v) is 56.5. The van der Waals surface area contributed by atoms with Gasteiger partial charge in [-0.3, -0.25) is 0 Å². The third-order valence-corrected chi connectivity index (χ3v) is 26.8. The Morgan fingerprint density at radius 1 is 0.345 bits per heavy atom. The standard InChI is InChI=1S/C82H92BN3Si/c1-75(2,3)55-37-41-59(42-38-55)84-70-45-40-57(77(7,8)9)48-68(70)83-67-44-39-58(78(10,11)12)49-71(67)85(60-30-28-29-56(47-60)76(4,5)6)73-51-61(50-72(84)74(73)83)86-69-46-43-65(52-66(69)81(17)53-79(13,14)80(15,16)54-82(81,86)18)87(62-31-22-19-23-32-62,63-33-24-20-25-34-63)64-35-26-21-27-36-64/h19-52H,53-54H2,1-18H3. The van der Waals surface area contributed by atoms with E-state index < -0.39 is 8.07 Å². The van der Waals surface area contributed by atoms with Gasteiger partial charge in [0.15, 0.2) is 8.07 Å². The van der Waals surface area contributed by atoms with Crippen LogP contribution in [0.5, 0.6) is 0 Å². The maximum Gasteiger partial charge on any atom is 0.252 e. The van der Waals surface area contributed by atoms with Crippen LogP contribution in [0.4, 0.5) is 45.5 Å². The number of rotatable bonds is 7. The molecule has 3 heterocycles. The first-order chi connectivity index (χ1) is 40.9. The van der Waals surface area contributed by atoms with Gasteiger partial charge in [0.2, 0.25) is 0 Å². The highest BCUT2D eigenvalue weighted by Crippen LogP contribution is 2.69. The van der Waals surface area contributed by atoms with Crippen molar-refractivity contribution in [3.8, 4) is 0 Å². The predicted octanol–water partition coefficient (Wildman–Crippen LogP) is 17.4. The molecule has 9 aromatic carbocycles. The molecule has 0 N–H and O–H groups in total. The molecule has 0 radical (unpaired) electrons. The molecule has 442 valence electrons. The molecule has 13 rings (SSSR count). The van der Waals surface area contributed by atoms with E-state index in [2.05, 4.69) is 346 Å². The molecule has 4 aliphatic rings. The number of anilines is 8. The lowest BCUT2D eigenvalue weighted by molar-refractivity contribution is -0.0311. The summed E-state index contributed by atoms with van der Waals surface area (Å²) in [4.78, 5) is 8.23. The van der Waals surface area contributed by atoms with Crippen molar-refractivity contribution < 1.29 is 0 Å². The lowest BCUT2D eigenvalue weighted by atomic mass is 9.33. The number of fused-ring (bicyclic) bond motifs is 7. The van der Waals surface area contributed by atoms with Crippen LogP contribution in [0.2, 0.25) is 0 Å². The van der Waals surface area contributed by atoms with Crippen molar-refractivity contribution in [3.63, 3.8) is 0 Å². The Labute approximate surface area is 524 Å². The van der Waals surface area contributed by atoms with Gasteiger partial charge in [0, 0.05) is 50.9 Å². The average molecular weight is 1160 g/mol. The maximum absolute atomic E-state index is 2.92. The molecular formula is C82H92BN3Si. The second-order valence-electron chi connectivity index (χ2n) is 32.3. The summed E-state index contributed by atoms with van der Waals surface area (Å²) in [6.45, 7) is 43.8. The van der Waals surface area contributed by atoms with Crippen molar-refractivity contribution in [3.05, 3.63) is 234 Å². The summed E-state index contributed by atoms with van der Waals surface area (Å²) in [5.41, 5.74) is 20.0. The van der Waals surface area contributed by atoms with Crippen LogP contribution in [0.3, 0.4) is 0 Å². The summed E-state index contributed by atoms with van der Waals surface area (Å²) in [5.74, 6) is 0. The van der Waals surface area contributed by atoms with Crippen LogP contribution in [0.1, 0.15) is 165 Å². The van der Waals surface area contributed by atoms with Crippen LogP contribution in [-0.2, 0) is 27.1 Å². The van der Waals surface area contributed by atoms with Gasteiger partial charge in [-0.05, 0) is 172 Å². The Morgan fingerprint density at radius 2 is 0.816 bits per heavy atom. The Bertz CT molecular complexity index is 4040. The molecule has 0 saturated heterocycles. The van der Waals surface area contributed by atoms with Crippen molar-refractivity contribution in [2.24, 2.45) is 10.8 Å². The minimum absolute atomic E-state index is 0.000709. The minimum Gasteiger partial charge on any atom is -0.334 e. The normalized spacial score (nSPS) is 19.5. The van der Waals surface area contributed by atoms with Crippen molar-refractivity contribution in [1.82, 2.24) is 0 Å². The molecule has 5 heteroatoms. The zero-order chi connectivity index (χ0) is 61.8. The maximum atomic E-state index is 2.88. The Kier molecular flexibility index (Phi) is 13.4. The summed E-state index contributed by atoms with van der Waals surface area (Å²) in [5, 5.41) is 5.62. The molecule has 1 fully saturated rings. The van der Waals surface area contributed by atoms with Crippen LogP contribution >= 0.6 is 0 Å². The molecule has 0 amide bonds. The first-order valence-electron chi connectivity index (χ1n) is 32.3. The van der Waals surface area contributed by atoms with Crippen LogP contribution in [0, 0.1) is 10.8 Å². The van der Waals surface area contributed by atoms with Crippen LogP contribution in [0.25, 0.3) is 0 Å². The van der Waals surface area contributed by atoms with Gasteiger partial charge in [-0.1, -0.05) is 269 Å². The highest BCUT2D eigenvalue weighted by molar-refractivity contribution is 7.20. The molecule has 9 aromatic rings. The SMILES string of the molecule is CC(C)(C)c1ccc(N2c3ccc(C(C)(C)C)cc3B3c4ccc(C(C)(C)C)cc4N(c4cccc(C(C)(C)C)c4)c4cc(N5c6ccc([Si](c7ccccc7)(c7ccccc7)c7ccccc7)cc6C6(C)CC(C)(C)C(C)(C)CC56C)cc2c43)cc1. The highest BCUT2D eigenvalue weighted by atomic mass is 28.3. The zero-order valence-electron chi connectivity index (χ0n) is 55.5. The van der Waals surface area contributed by atoms with E-state index in [0.29, 0.717) is 0 Å². The van der Waals surface area contributed by atoms with Crippen molar-refractivity contribution in [2.45, 2.75) is 170 Å². The second kappa shape index (κ2) is 19.8. The van der Waals surface area contributed by atoms with E-state index in [1.54, 1.807) is 0 Å². The second-order valence-corrected chi connectivity index (χ2v) is 36.1. The van der Waals surface area contributed by atoms with E-state index in [0.717, 1.165) is 12.8 Å². The molecule has 2 unspecified atom stereocenters. The number of hydrogen-bond acceptors (Lipinski definition) is 3. The van der Waals surface area contributed by atoms with Crippen LogP contribution in [0.15, 0.2) is 206 Å². The molecular weight excluding hydrogens is 1070 g/mol. The van der Waals surface area contributed by atoms with Crippen molar-refractivity contribution in [2.75, 3.05) is 14.7 Å². The van der Waals surface area contributed by atoms with Gasteiger partial charge in [0.25, 0.3) is 6.71 Å². The lowest BCUT2D eigenvalue weighted by Crippen LogP contribution is -2.74. The summed E-state index contributed by atoms with van der Waals surface area (Å²) < 4.78 is 0. The predicted molar refractivity (Wildman–Crippen MR) is 380 cm³/mol. The van der Waals surface area contributed by atoms with Gasteiger partial charge in [-0.25, -0.2) is 0 Å². The van der Waals surface area contributed by atoms with E-state index in [9.17, 15) is 0 Å². The largest absolute Gasteiger partial charge is 0.334 e. The van der Waals surface area contributed by atoms with E-state index in [1.165, 1.54) is 110 Å². The van der Waals surface area contributed by atoms with Gasteiger partial charge in [0.05, 0.1) is 5.54 Å². The molecule has 3 aliphatic heterocycles. The fraction of sp³-hybridized carbons (Fsp3) is 0.341. The highest BCUT2D eigenvalue weighted by Gasteiger charge is 2.66. The summed E-state index contributed by atoms with van der Waals surface area (Å²) in [6.07, 6.45) is 2.05. The summed E-state index contributed by atoms with van der Waals surface area (Å²) >= 11 is 0. The number of hydrogen-bond donors (Lipinski definition) is 0. The quantitative estimate of drug-likeness (QED) is 0.116. The lowest BCUT2D eigenvalue weighted by Gasteiger charge is -2.61. The van der Waals surface area contributed by atoms with E-state index in [-0.39, 0.29) is 50.2 Å². The molecule has 87 heavy (non-hydrogen) atoms. The molecule has 3 nitrogen and oxygen atoms in total. The fourth-order valence-electron chi connectivity index (χ4n) is 16.3. The Balaban J connectivity index is 1.16. The van der Waals surface area contributed by atoms with E-state index in [4.69, 9.17) is 0 Å². The van der Waals surface area contributed by atoms with E-state index >= 15 is 0 Å². The van der Waals surface area contributed by atoms with Crippen LogP contribution < -0.4 is 51.8 Å². The molecule has 0 spiro atoms. The topological polar surface area (TPSA) is 9.72 Å². The first-order valence-corrected chi connectivity index (χ1v) is 34.3. The van der Waals surface area contributed by atoms with E-state index in [1.807, 2.05) is 0 Å². The molecule has 0 bridgehead atoms. The third-order valence-electron chi connectivity index (χ3n) is 22.0. The van der Waals surface area contributed by atoms with Crippen molar-refractivity contribution >= 4 is 97.4 Å². The number of benzene rings is 9. The molecule has 1 aliphatic carbocycles. The summed E-state index contributed by atoms with van der Waals surface area (Å²) in [6, 6.07) is 81.7. The molecule has 1 saturated carbocycles. The van der Waals surface area contributed by atoms with Gasteiger partial charge < -0.3 is 14.7 Å². The first kappa shape index (κ1) is 58.7. The third kappa shape index (κ3) is 9.08. The molecule has 0 aromatic heterocycles. The summed E-state index contributed by atoms with van der Waals surface area (Å²) in [7, 11) is -2.92. The smallest absolute Gasteiger partial charge is 0.252 e. The average Bonchev–Trinajstić information content (AvgIpc) is 1.58. The fourth-order valence-corrected chi connectivity index (χ4v) is 21.1. The van der Waals surface area contributed by atoms with Gasteiger partial charge in [-0.2, -0.15) is 0 Å². The van der Waals surface area contributed by atoms with Gasteiger partial charge in [-0.15, -0.1) is 0 Å². The Hall–Kier alpha value is -7.34. The monoisotopic (exact) mass is 1160 g/mol. The molecule has 2 atom stereocenters. The van der Waals surface area contributed by atoms with Crippen LogP contribution in [-0.4, -0.2) is 20.3 Å². The number of nitrogens with zero attached hydrogens (tertiary/aromatic N) is 3. The minimum atomic E-state index is -2.92.